The predicted octanol–water partition coefficient (Wildman–Crippen LogP) is 24.4. The van der Waals surface area contributed by atoms with Crippen molar-refractivity contribution in [3.8, 4) is 0 Å². The number of carbonyl (C=O) groups excluding carboxylic acids is 4. The molecule has 0 bridgehead atoms. The standard InChI is InChI=1S/C87H148O17P2/c1-5-9-13-17-21-25-29-33-37-39-40-42-45-48-52-56-60-64-68-72-85(90)98-78-82(103-86(91)73-69-65-61-57-53-49-44-36-32-28-24-20-16-12-8-4)79-101-105(93,94)99-75-81(88)76-100-106(95,96)102-80-83(77-97-84(89)71-67-63-59-55-51-47-43-35-31-27-23-19-15-11-7-3)104-87(92)74-70-66-62-58-54-50-46-41-38-34-30-26-22-18-14-10-6-2/h21-22,25-27,31,33-34,36-38,40,42,44,46,48,50,52,58,60,62,64,81-83,88H,5-20,23-24,28-30,32,35,39,41,43,45,47,49,51,53-57,59,61,63,65-80H2,1-4H3,(H,93,94)(H,95,96)/b25-21-,26-22-,31-27-,37-33-,38-34-,42-40-,44-36-,50-46-,52-48-,62-58-,64-60-/t81-,82-,83-/m1/s1. The van der Waals surface area contributed by atoms with E-state index < -0.39 is 97.5 Å². The Bertz CT molecular complexity index is 2530. The molecule has 0 heterocycles. The van der Waals surface area contributed by atoms with E-state index in [1.807, 2.05) is 24.3 Å². The summed E-state index contributed by atoms with van der Waals surface area (Å²) in [6, 6.07) is 0. The number of ether oxygens (including phenoxy) is 4. The van der Waals surface area contributed by atoms with Crippen LogP contribution in [-0.2, 0) is 65.4 Å². The molecule has 0 aliphatic carbocycles. The fourth-order valence-corrected chi connectivity index (χ4v) is 12.3. The number of unbranched alkanes of at least 4 members (excludes halogenated alkanes) is 29. The first-order chi connectivity index (χ1) is 51.7. The van der Waals surface area contributed by atoms with Crippen molar-refractivity contribution in [2.75, 3.05) is 39.6 Å². The number of aliphatic hydroxyl groups excluding tert-OH is 1. The first-order valence-electron chi connectivity index (χ1n) is 41.4. The van der Waals surface area contributed by atoms with Crippen molar-refractivity contribution in [1.82, 2.24) is 0 Å². The Hall–Kier alpha value is -4.80. The van der Waals surface area contributed by atoms with E-state index in [-0.39, 0.29) is 25.7 Å². The molecule has 3 N–H and O–H groups in total. The van der Waals surface area contributed by atoms with Gasteiger partial charge in [0.2, 0.25) is 0 Å². The zero-order valence-electron chi connectivity index (χ0n) is 66.6. The molecule has 5 atom stereocenters. The molecule has 0 spiro atoms. The summed E-state index contributed by atoms with van der Waals surface area (Å²) in [6.07, 6.45) is 88.7. The summed E-state index contributed by atoms with van der Waals surface area (Å²) in [4.78, 5) is 73.1. The van der Waals surface area contributed by atoms with Gasteiger partial charge in [0.25, 0.3) is 0 Å². The van der Waals surface area contributed by atoms with Crippen molar-refractivity contribution in [2.45, 2.75) is 354 Å². The third-order valence-corrected chi connectivity index (χ3v) is 19.0. The number of allylic oxidation sites excluding steroid dienone is 22. The fourth-order valence-electron chi connectivity index (χ4n) is 10.7. The van der Waals surface area contributed by atoms with Gasteiger partial charge in [-0.25, -0.2) is 9.13 Å². The van der Waals surface area contributed by atoms with Gasteiger partial charge in [-0.15, -0.1) is 0 Å². The summed E-state index contributed by atoms with van der Waals surface area (Å²) in [5, 5.41) is 10.7. The van der Waals surface area contributed by atoms with Gasteiger partial charge in [0.05, 0.1) is 26.4 Å². The predicted molar refractivity (Wildman–Crippen MR) is 436 cm³/mol. The van der Waals surface area contributed by atoms with Crippen LogP contribution in [0.2, 0.25) is 0 Å². The summed E-state index contributed by atoms with van der Waals surface area (Å²) in [6.45, 7) is 4.66. The Morgan fingerprint density at radius 3 is 0.840 bits per heavy atom. The van der Waals surface area contributed by atoms with E-state index in [0.29, 0.717) is 38.5 Å². The molecule has 0 saturated heterocycles. The second-order valence-electron chi connectivity index (χ2n) is 27.3. The number of hydrogen-bond acceptors (Lipinski definition) is 15. The van der Waals surface area contributed by atoms with Crippen LogP contribution in [0.5, 0.6) is 0 Å². The number of phosphoric ester groups is 2. The number of hydrogen-bond donors (Lipinski definition) is 3. The highest BCUT2D eigenvalue weighted by molar-refractivity contribution is 7.47. The van der Waals surface area contributed by atoms with E-state index in [4.69, 9.17) is 37.0 Å². The van der Waals surface area contributed by atoms with Crippen LogP contribution in [-0.4, -0.2) is 96.7 Å². The highest BCUT2D eigenvalue weighted by Crippen LogP contribution is 2.45. The molecule has 0 rings (SSSR count). The Kier molecular flexibility index (Phi) is 74.8. The van der Waals surface area contributed by atoms with Gasteiger partial charge in [-0.2, -0.15) is 0 Å². The number of aliphatic hydroxyl groups is 1. The number of phosphoric acid groups is 2. The molecular formula is C87H148O17P2. The lowest BCUT2D eigenvalue weighted by molar-refractivity contribution is -0.161. The quantitative estimate of drug-likeness (QED) is 0.0169. The van der Waals surface area contributed by atoms with Crippen molar-refractivity contribution in [3.05, 3.63) is 134 Å². The minimum Gasteiger partial charge on any atom is -0.462 e. The maximum atomic E-state index is 13.1. The van der Waals surface area contributed by atoms with Gasteiger partial charge in [0.1, 0.15) is 19.3 Å². The van der Waals surface area contributed by atoms with Gasteiger partial charge < -0.3 is 33.8 Å². The van der Waals surface area contributed by atoms with Crippen molar-refractivity contribution < 1.29 is 80.2 Å². The summed E-state index contributed by atoms with van der Waals surface area (Å²) in [5.74, 6) is -2.35. The van der Waals surface area contributed by atoms with E-state index in [0.717, 1.165) is 135 Å². The van der Waals surface area contributed by atoms with Gasteiger partial charge in [-0.3, -0.25) is 37.3 Å². The first-order valence-corrected chi connectivity index (χ1v) is 44.4. The Labute approximate surface area is 644 Å². The van der Waals surface area contributed by atoms with Gasteiger partial charge in [0.15, 0.2) is 12.2 Å². The molecule has 0 saturated carbocycles. The molecule has 106 heavy (non-hydrogen) atoms. The normalized spacial score (nSPS) is 14.5. The van der Waals surface area contributed by atoms with Gasteiger partial charge >= 0.3 is 39.5 Å². The SMILES string of the molecule is CCCCC/C=C\C/C=C\C/C=C\C/C=C\C/C=C\CCC(=O)OC[C@H](COP(=O)(O)OC[C@@H](O)COP(=O)(O)OC[C@@H](COC(=O)CCCCCCCCC/C=C\CCCCCC)OC(=O)CCC/C=C\C/C=C\C/C=C\C/C=C\CCCCC)OC(=O)CCCCCCC/C=C\CCCCCCCC. The van der Waals surface area contributed by atoms with Crippen LogP contribution in [0.1, 0.15) is 336 Å². The Morgan fingerprint density at radius 1 is 0.264 bits per heavy atom. The monoisotopic (exact) mass is 1530 g/mol. The molecular weight excluding hydrogens is 1380 g/mol. The van der Waals surface area contributed by atoms with Crippen LogP contribution in [0, 0.1) is 0 Å². The van der Waals surface area contributed by atoms with Crippen LogP contribution >= 0.6 is 15.6 Å². The minimum atomic E-state index is -5.00. The summed E-state index contributed by atoms with van der Waals surface area (Å²) < 4.78 is 68.5. The molecule has 0 aliphatic rings. The van der Waals surface area contributed by atoms with Crippen LogP contribution in [0.4, 0.5) is 0 Å². The Morgan fingerprint density at radius 2 is 0.491 bits per heavy atom. The molecule has 17 nitrogen and oxygen atoms in total. The third kappa shape index (κ3) is 77.4. The van der Waals surface area contributed by atoms with Gasteiger partial charge in [-0.05, 0) is 154 Å². The lowest BCUT2D eigenvalue weighted by Crippen LogP contribution is -2.30. The van der Waals surface area contributed by atoms with Crippen LogP contribution < -0.4 is 0 Å². The summed E-state index contributed by atoms with van der Waals surface area (Å²) in [5.41, 5.74) is 0. The maximum absolute atomic E-state index is 13.1. The van der Waals surface area contributed by atoms with Crippen LogP contribution in [0.3, 0.4) is 0 Å². The molecule has 0 aliphatic heterocycles. The largest absolute Gasteiger partial charge is 0.472 e. The first kappa shape index (κ1) is 101. The van der Waals surface area contributed by atoms with Crippen molar-refractivity contribution in [1.29, 1.82) is 0 Å². The minimum absolute atomic E-state index is 0.0145. The molecule has 0 aromatic carbocycles. The van der Waals surface area contributed by atoms with E-state index in [1.165, 1.54) is 109 Å². The van der Waals surface area contributed by atoms with E-state index >= 15 is 0 Å². The fraction of sp³-hybridized carbons (Fsp3) is 0.701. The van der Waals surface area contributed by atoms with Crippen LogP contribution in [0.25, 0.3) is 0 Å². The van der Waals surface area contributed by atoms with Crippen molar-refractivity contribution in [2.24, 2.45) is 0 Å². The summed E-state index contributed by atoms with van der Waals surface area (Å²) >= 11 is 0. The molecule has 0 amide bonds. The zero-order chi connectivity index (χ0) is 77.4. The van der Waals surface area contributed by atoms with E-state index in [9.17, 15) is 43.2 Å². The second-order valence-corrected chi connectivity index (χ2v) is 30.3. The average molecular weight is 1530 g/mol. The molecule has 0 radical (unpaired) electrons. The molecule has 19 heteroatoms. The average Bonchev–Trinajstić information content (AvgIpc) is 0.905. The third-order valence-electron chi connectivity index (χ3n) is 17.1. The van der Waals surface area contributed by atoms with Gasteiger partial charge in [-0.1, -0.05) is 290 Å². The zero-order valence-corrected chi connectivity index (χ0v) is 68.4. The molecule has 608 valence electrons. The molecule has 0 aromatic heterocycles. The van der Waals surface area contributed by atoms with Crippen molar-refractivity contribution in [3.63, 3.8) is 0 Å². The highest BCUT2D eigenvalue weighted by atomic mass is 31.2. The highest BCUT2D eigenvalue weighted by Gasteiger charge is 2.30. The second kappa shape index (κ2) is 78.3. The topological polar surface area (TPSA) is 237 Å². The lowest BCUT2D eigenvalue weighted by atomic mass is 10.1. The van der Waals surface area contributed by atoms with E-state index in [1.54, 1.807) is 0 Å². The number of rotatable bonds is 77. The van der Waals surface area contributed by atoms with Gasteiger partial charge in [0, 0.05) is 25.7 Å². The molecule has 0 aromatic rings. The van der Waals surface area contributed by atoms with Crippen molar-refractivity contribution >= 4 is 39.5 Å². The number of carbonyl (C=O) groups is 4. The smallest absolute Gasteiger partial charge is 0.462 e. The molecule has 2 unspecified atom stereocenters. The van der Waals surface area contributed by atoms with E-state index in [2.05, 4.69) is 137 Å². The lowest BCUT2D eigenvalue weighted by Gasteiger charge is -2.21. The number of esters is 4. The van der Waals surface area contributed by atoms with Crippen LogP contribution in [0.15, 0.2) is 134 Å². The summed E-state index contributed by atoms with van der Waals surface area (Å²) in [7, 11) is -10.0. The maximum Gasteiger partial charge on any atom is 0.472 e. The Balaban J connectivity index is 5.49. The molecule has 0 fully saturated rings.